The summed E-state index contributed by atoms with van der Waals surface area (Å²) in [5.74, 6) is 0.583. The summed E-state index contributed by atoms with van der Waals surface area (Å²) in [6, 6.07) is 7.71. The van der Waals surface area contributed by atoms with Crippen molar-refractivity contribution in [3.63, 3.8) is 0 Å². The van der Waals surface area contributed by atoms with Gasteiger partial charge < -0.3 is 14.4 Å². The Bertz CT molecular complexity index is 599. The highest BCUT2D eigenvalue weighted by Gasteiger charge is 2.16. The lowest BCUT2D eigenvalue weighted by molar-refractivity contribution is 0.350. The molecule has 0 amide bonds. The highest BCUT2D eigenvalue weighted by molar-refractivity contribution is 9.10. The second-order valence-corrected chi connectivity index (χ2v) is 6.52. The number of benzene rings is 1. The average molecular weight is 377 g/mol. The van der Waals surface area contributed by atoms with Crippen LogP contribution in [0.5, 0.6) is 0 Å². The van der Waals surface area contributed by atoms with Gasteiger partial charge in [0.2, 0.25) is 13.7 Å². The molecule has 2 aromatic rings. The maximum atomic E-state index is 5.81. The maximum Gasteiger partial charge on any atom is 0.224 e. The zero-order valence-electron chi connectivity index (χ0n) is 10.8. The van der Waals surface area contributed by atoms with Gasteiger partial charge in [-0.2, -0.15) is 4.98 Å². The first kappa shape index (κ1) is 15.6. The van der Waals surface area contributed by atoms with E-state index in [-0.39, 0.29) is 5.28 Å². The molecular weight excluding hydrogens is 364 g/mol. The lowest BCUT2D eigenvalue weighted by atomic mass is 10.3. The van der Waals surface area contributed by atoms with E-state index in [0.29, 0.717) is 5.82 Å². The first-order chi connectivity index (χ1) is 9.65. The smallest absolute Gasteiger partial charge is 0.224 e. The molecule has 1 aromatic carbocycles. The second-order valence-electron chi connectivity index (χ2n) is 3.60. The molecule has 0 aliphatic heterocycles. The Balaban J connectivity index is 2.36. The molecule has 0 radical (unpaired) electrons. The molecule has 1 N–H and O–H groups in total. The van der Waals surface area contributed by atoms with Gasteiger partial charge in [-0.1, -0.05) is 12.1 Å². The van der Waals surface area contributed by atoms with E-state index in [0.717, 1.165) is 15.5 Å². The monoisotopic (exact) mass is 375 g/mol. The van der Waals surface area contributed by atoms with E-state index in [1.165, 1.54) is 0 Å². The number of para-hydroxylation sites is 1. The largest absolute Gasteiger partial charge is 0.338 e. The maximum absolute atomic E-state index is 5.81. The molecule has 2 rings (SSSR count). The molecule has 0 bridgehead atoms. The van der Waals surface area contributed by atoms with Crippen LogP contribution >= 0.6 is 35.9 Å². The minimum absolute atomic E-state index is 0.175. The highest BCUT2D eigenvalue weighted by atomic mass is 79.9. The molecule has 20 heavy (non-hydrogen) atoms. The Morgan fingerprint density at radius 2 is 1.95 bits per heavy atom. The fourth-order valence-electron chi connectivity index (χ4n) is 1.57. The van der Waals surface area contributed by atoms with Gasteiger partial charge in [0.1, 0.15) is 5.82 Å². The number of hydrogen-bond acceptors (Lipinski definition) is 5. The highest BCUT2D eigenvalue weighted by Crippen LogP contribution is 2.38. The van der Waals surface area contributed by atoms with E-state index < -0.39 is 8.38 Å². The van der Waals surface area contributed by atoms with E-state index in [4.69, 9.17) is 20.6 Å². The molecule has 0 spiro atoms. The zero-order chi connectivity index (χ0) is 14.5. The quantitative estimate of drug-likeness (QED) is 0.634. The van der Waals surface area contributed by atoms with E-state index in [2.05, 4.69) is 31.2 Å². The Morgan fingerprint density at radius 3 is 2.65 bits per heavy atom. The molecule has 1 heterocycles. The number of anilines is 2. The summed E-state index contributed by atoms with van der Waals surface area (Å²) >= 11 is 9.19. The van der Waals surface area contributed by atoms with Crippen LogP contribution in [-0.2, 0) is 9.05 Å². The summed E-state index contributed by atoms with van der Waals surface area (Å²) in [6.07, 6.45) is 1.59. The summed E-state index contributed by atoms with van der Waals surface area (Å²) in [4.78, 5) is 8.03. The van der Waals surface area contributed by atoms with Crippen LogP contribution in [0.4, 0.5) is 11.5 Å². The molecule has 0 atom stereocenters. The van der Waals surface area contributed by atoms with Crippen molar-refractivity contribution >= 4 is 52.7 Å². The third-order valence-electron chi connectivity index (χ3n) is 2.40. The van der Waals surface area contributed by atoms with Gasteiger partial charge in [-0.3, -0.25) is 0 Å². The number of nitrogens with zero attached hydrogens (tertiary/aromatic N) is 2. The number of nitrogens with one attached hydrogen (secondary N) is 1. The molecule has 0 unspecified atom stereocenters. The molecule has 0 fully saturated rings. The predicted molar refractivity (Wildman–Crippen MR) is 85.0 cm³/mol. The number of aromatic nitrogens is 2. The summed E-state index contributed by atoms with van der Waals surface area (Å²) in [7, 11) is 2.09. The van der Waals surface area contributed by atoms with Crippen molar-refractivity contribution in [2.45, 2.75) is 0 Å². The van der Waals surface area contributed by atoms with Crippen molar-refractivity contribution < 1.29 is 9.05 Å². The van der Waals surface area contributed by atoms with Crippen molar-refractivity contribution in [3.05, 3.63) is 40.2 Å². The number of rotatable bonds is 5. The first-order valence-electron chi connectivity index (χ1n) is 5.58. The van der Waals surface area contributed by atoms with Crippen molar-refractivity contribution in [2.75, 3.05) is 19.5 Å². The van der Waals surface area contributed by atoms with E-state index in [1.807, 2.05) is 24.3 Å². The third kappa shape index (κ3) is 3.65. The minimum atomic E-state index is -1.14. The molecule has 0 aliphatic carbocycles. The molecule has 0 saturated carbocycles. The molecule has 0 saturated heterocycles. The van der Waals surface area contributed by atoms with Crippen LogP contribution in [0.25, 0.3) is 0 Å². The first-order valence-corrected chi connectivity index (χ1v) is 7.93. The molecule has 5 nitrogen and oxygen atoms in total. The summed E-state index contributed by atoms with van der Waals surface area (Å²) in [5, 5.41) is 4.30. The van der Waals surface area contributed by atoms with Gasteiger partial charge in [0.15, 0.2) is 0 Å². The molecule has 8 heteroatoms. The van der Waals surface area contributed by atoms with E-state index in [1.54, 1.807) is 20.4 Å². The van der Waals surface area contributed by atoms with Crippen LogP contribution in [0.3, 0.4) is 0 Å². The fraction of sp³-hybridized carbons (Fsp3) is 0.167. The van der Waals surface area contributed by atoms with Crippen LogP contribution in [0.15, 0.2) is 34.9 Å². The average Bonchev–Trinajstić information content (AvgIpc) is 2.46. The van der Waals surface area contributed by atoms with Gasteiger partial charge in [0, 0.05) is 20.4 Å². The van der Waals surface area contributed by atoms with Gasteiger partial charge in [-0.25, -0.2) is 4.98 Å². The van der Waals surface area contributed by atoms with Crippen LogP contribution in [0.2, 0.25) is 5.28 Å². The van der Waals surface area contributed by atoms with E-state index in [9.17, 15) is 0 Å². The van der Waals surface area contributed by atoms with E-state index >= 15 is 0 Å². The summed E-state index contributed by atoms with van der Waals surface area (Å²) in [5.41, 5.74) is 0.845. The third-order valence-corrected chi connectivity index (χ3v) is 4.61. The van der Waals surface area contributed by atoms with Crippen molar-refractivity contribution in [1.29, 1.82) is 0 Å². The van der Waals surface area contributed by atoms with Gasteiger partial charge in [-0.15, -0.1) is 0 Å². The summed E-state index contributed by atoms with van der Waals surface area (Å²) in [6.45, 7) is 0. The number of halogens is 2. The Kier molecular flexibility index (Phi) is 5.69. The Morgan fingerprint density at radius 1 is 1.25 bits per heavy atom. The van der Waals surface area contributed by atoms with Crippen molar-refractivity contribution in [3.8, 4) is 0 Å². The van der Waals surface area contributed by atoms with Crippen LogP contribution in [-0.4, -0.2) is 24.2 Å². The van der Waals surface area contributed by atoms with Gasteiger partial charge >= 0.3 is 0 Å². The van der Waals surface area contributed by atoms with Crippen LogP contribution < -0.4 is 10.6 Å². The van der Waals surface area contributed by atoms with Crippen LogP contribution in [0.1, 0.15) is 0 Å². The lowest BCUT2D eigenvalue weighted by Crippen LogP contribution is -2.10. The second kappa shape index (κ2) is 7.29. The predicted octanol–water partition coefficient (Wildman–Crippen LogP) is 3.87. The fourth-order valence-corrected chi connectivity index (χ4v) is 3.07. The molecule has 106 valence electrons. The SMILES string of the molecule is COP(OC)c1ccccc1Nc1nc(Cl)ncc1Br. The molecular formula is C12H12BrClN3O2P. The van der Waals surface area contributed by atoms with Gasteiger partial charge in [0.25, 0.3) is 0 Å². The minimum Gasteiger partial charge on any atom is -0.338 e. The van der Waals surface area contributed by atoms with Crippen molar-refractivity contribution in [2.24, 2.45) is 0 Å². The Hall–Kier alpha value is -0.780. The van der Waals surface area contributed by atoms with Gasteiger partial charge in [0.05, 0.1) is 15.5 Å². The molecule has 1 aromatic heterocycles. The standard InChI is InChI=1S/C12H12BrClN3O2P/c1-18-20(19-2)10-6-4-3-5-9(10)16-11-8(13)7-15-12(14)17-11/h3-7H,1-2H3,(H,15,16,17). The van der Waals surface area contributed by atoms with Crippen molar-refractivity contribution in [1.82, 2.24) is 9.97 Å². The summed E-state index contributed by atoms with van der Waals surface area (Å²) < 4.78 is 11.4. The lowest BCUT2D eigenvalue weighted by Gasteiger charge is -2.17. The van der Waals surface area contributed by atoms with Crippen LogP contribution in [0, 0.1) is 0 Å². The normalized spacial score (nSPS) is 10.8. The topological polar surface area (TPSA) is 56.3 Å². The van der Waals surface area contributed by atoms with Gasteiger partial charge in [-0.05, 0) is 39.7 Å². The molecule has 0 aliphatic rings. The zero-order valence-corrected chi connectivity index (χ0v) is 14.0. The Labute approximate surface area is 131 Å². The number of hydrogen-bond donors (Lipinski definition) is 1.